The normalized spacial score (nSPS) is 17.8. The van der Waals surface area contributed by atoms with Gasteiger partial charge in [-0.2, -0.15) is 0 Å². The highest BCUT2D eigenvalue weighted by molar-refractivity contribution is 8.18. The molecule has 0 aliphatic carbocycles. The highest BCUT2D eigenvalue weighted by Crippen LogP contribution is 2.43. The number of methoxy groups -OCH3 is 1. The molecule has 0 bridgehead atoms. The summed E-state index contributed by atoms with van der Waals surface area (Å²) in [6.07, 6.45) is 3.88. The van der Waals surface area contributed by atoms with Gasteiger partial charge in [-0.05, 0) is 81.4 Å². The summed E-state index contributed by atoms with van der Waals surface area (Å²) in [7, 11) is 1.58. The van der Waals surface area contributed by atoms with Crippen molar-refractivity contribution >= 4 is 63.4 Å². The van der Waals surface area contributed by atoms with Gasteiger partial charge in [0.25, 0.3) is 11.1 Å². The van der Waals surface area contributed by atoms with Crippen molar-refractivity contribution in [2.75, 3.05) is 30.4 Å². The first-order valence-corrected chi connectivity index (χ1v) is 12.7. The third-order valence-corrected chi connectivity index (χ3v) is 7.39. The minimum atomic E-state index is -0.514. The summed E-state index contributed by atoms with van der Waals surface area (Å²) in [5.41, 5.74) is 4.31. The summed E-state index contributed by atoms with van der Waals surface area (Å²) >= 11 is 6.68. The summed E-state index contributed by atoms with van der Waals surface area (Å²) in [6.45, 7) is 8.96. The first-order valence-electron chi connectivity index (χ1n) is 11.5. The first kappa shape index (κ1) is 25.9. The molecule has 1 saturated heterocycles. The van der Waals surface area contributed by atoms with Crippen molar-refractivity contribution < 1.29 is 19.1 Å². The van der Waals surface area contributed by atoms with Crippen LogP contribution in [-0.2, 0) is 9.59 Å². The van der Waals surface area contributed by atoms with Gasteiger partial charge in [0.05, 0.1) is 17.6 Å². The van der Waals surface area contributed by atoms with E-state index in [1.807, 2.05) is 12.1 Å². The van der Waals surface area contributed by atoms with Crippen molar-refractivity contribution in [2.24, 2.45) is 0 Å². The number of anilines is 2. The Morgan fingerprint density at radius 3 is 2.53 bits per heavy atom. The van der Waals surface area contributed by atoms with Crippen LogP contribution in [0.2, 0.25) is 5.02 Å². The second kappa shape index (κ2) is 10.0. The molecule has 9 heteroatoms. The summed E-state index contributed by atoms with van der Waals surface area (Å²) in [4.78, 5) is 41.6. The molecule has 0 atom stereocenters. The van der Waals surface area contributed by atoms with Gasteiger partial charge in [-0.1, -0.05) is 17.7 Å². The van der Waals surface area contributed by atoms with Crippen molar-refractivity contribution in [3.05, 3.63) is 63.5 Å². The maximum Gasteiger partial charge on any atom is 0.294 e. The van der Waals surface area contributed by atoms with Gasteiger partial charge in [-0.25, -0.2) is 0 Å². The maximum absolute atomic E-state index is 13.0. The van der Waals surface area contributed by atoms with Crippen LogP contribution in [0, 0.1) is 0 Å². The van der Waals surface area contributed by atoms with E-state index in [4.69, 9.17) is 16.3 Å². The molecule has 2 heterocycles. The monoisotopic (exact) mass is 525 g/mol. The number of hydrogen-bond donors (Lipinski definition) is 1. The number of carbonyl (C=O) groups excluding carboxylic acids is 3. The lowest BCUT2D eigenvalue weighted by atomic mass is 9.87. The number of likely N-dealkylation sites (N-methyl/N-ethyl adjacent to an activating group) is 1. The molecule has 4 rings (SSSR count). The van der Waals surface area contributed by atoms with Gasteiger partial charge in [0, 0.05) is 40.1 Å². The van der Waals surface area contributed by atoms with Gasteiger partial charge in [-0.3, -0.25) is 19.3 Å². The number of nitrogens with one attached hydrogen (secondary N) is 1. The fourth-order valence-corrected chi connectivity index (χ4v) is 5.60. The van der Waals surface area contributed by atoms with Crippen LogP contribution < -0.4 is 15.0 Å². The third-order valence-electron chi connectivity index (χ3n) is 6.24. The van der Waals surface area contributed by atoms with Gasteiger partial charge in [0.15, 0.2) is 0 Å². The van der Waals surface area contributed by atoms with Crippen LogP contribution in [0.1, 0.15) is 38.8 Å². The Labute approximate surface area is 220 Å². The lowest BCUT2D eigenvalue weighted by Gasteiger charge is -2.43. The minimum absolute atomic E-state index is 0.145. The number of rotatable bonds is 6. The Kier molecular flexibility index (Phi) is 7.20. The molecule has 36 heavy (non-hydrogen) atoms. The largest absolute Gasteiger partial charge is 0.496 e. The SMILES string of the molecule is CCN1c2cc(OC)c(/C=C3/SC(=O)N(CC(=O)Nc4ccc(Cl)cc4)C3=O)cc2C(C)=CC1(C)C. The molecule has 0 spiro atoms. The number of amides is 3. The molecule has 2 aromatic rings. The average Bonchev–Trinajstić information content (AvgIpc) is 3.07. The summed E-state index contributed by atoms with van der Waals surface area (Å²) in [6, 6.07) is 10.5. The van der Waals surface area contributed by atoms with E-state index in [2.05, 4.69) is 44.0 Å². The van der Waals surface area contributed by atoms with Crippen LogP contribution in [0.15, 0.2) is 47.4 Å². The number of thioether (sulfide) groups is 1. The Hall–Kier alpha value is -3.23. The van der Waals surface area contributed by atoms with Crippen molar-refractivity contribution in [1.82, 2.24) is 4.90 Å². The molecule has 0 radical (unpaired) electrons. The maximum atomic E-state index is 13.0. The van der Waals surface area contributed by atoms with E-state index >= 15 is 0 Å². The van der Waals surface area contributed by atoms with Crippen molar-refractivity contribution in [3.63, 3.8) is 0 Å². The van der Waals surface area contributed by atoms with E-state index in [0.717, 1.165) is 40.0 Å². The fraction of sp³-hybridized carbons (Fsp3) is 0.296. The number of carbonyl (C=O) groups is 3. The molecule has 2 aromatic carbocycles. The second-order valence-electron chi connectivity index (χ2n) is 9.16. The Bertz CT molecular complexity index is 1300. The molecule has 3 amide bonds. The molecular weight excluding hydrogens is 498 g/mol. The van der Waals surface area contributed by atoms with Gasteiger partial charge < -0.3 is 15.0 Å². The molecule has 2 aliphatic heterocycles. The molecular formula is C27H28ClN3O4S. The smallest absolute Gasteiger partial charge is 0.294 e. The number of hydrogen-bond acceptors (Lipinski definition) is 6. The predicted molar refractivity (Wildman–Crippen MR) is 147 cm³/mol. The number of halogens is 1. The Morgan fingerprint density at radius 2 is 1.89 bits per heavy atom. The molecule has 1 fully saturated rings. The molecule has 0 unspecified atom stereocenters. The van der Waals surface area contributed by atoms with Gasteiger partial charge in [-0.15, -0.1) is 0 Å². The Balaban J connectivity index is 1.59. The number of benzene rings is 2. The number of ether oxygens (including phenoxy) is 1. The van der Waals surface area contributed by atoms with E-state index in [-0.39, 0.29) is 17.0 Å². The zero-order valence-corrected chi connectivity index (χ0v) is 22.4. The second-order valence-corrected chi connectivity index (χ2v) is 10.6. The standard InChI is InChI=1S/C27H28ClN3O4S/c1-6-31-21-13-22(35-5)17(11-20(21)16(2)14-27(31,3)4)12-23-25(33)30(26(34)36-23)15-24(32)29-19-9-7-18(28)8-10-19/h7-14H,6,15H2,1-5H3,(H,29,32)/b23-12+. The lowest BCUT2D eigenvalue weighted by Crippen LogP contribution is -2.44. The zero-order valence-electron chi connectivity index (χ0n) is 20.8. The molecule has 1 N–H and O–H groups in total. The fourth-order valence-electron chi connectivity index (χ4n) is 4.64. The third kappa shape index (κ3) is 5.01. The number of nitrogens with zero attached hydrogens (tertiary/aromatic N) is 2. The van der Waals surface area contributed by atoms with Gasteiger partial charge >= 0.3 is 0 Å². The summed E-state index contributed by atoms with van der Waals surface area (Å²) in [5, 5.41) is 2.72. The number of imide groups is 1. The van der Waals surface area contributed by atoms with Gasteiger partial charge in [0.1, 0.15) is 12.3 Å². The van der Waals surface area contributed by atoms with Crippen LogP contribution in [0.5, 0.6) is 5.75 Å². The van der Waals surface area contributed by atoms with Crippen LogP contribution in [0.4, 0.5) is 16.2 Å². The first-order chi connectivity index (χ1) is 17.0. The topological polar surface area (TPSA) is 79.0 Å². The quantitative estimate of drug-likeness (QED) is 0.463. The molecule has 0 aromatic heterocycles. The highest BCUT2D eigenvalue weighted by atomic mass is 35.5. The van der Waals surface area contributed by atoms with Crippen LogP contribution in [0.25, 0.3) is 11.6 Å². The van der Waals surface area contributed by atoms with Crippen molar-refractivity contribution in [2.45, 2.75) is 33.2 Å². The number of allylic oxidation sites excluding steroid dienone is 1. The molecule has 188 valence electrons. The molecule has 7 nitrogen and oxygen atoms in total. The average molecular weight is 526 g/mol. The Morgan fingerprint density at radius 1 is 1.19 bits per heavy atom. The summed E-state index contributed by atoms with van der Waals surface area (Å²) in [5.74, 6) is -0.389. The van der Waals surface area contributed by atoms with E-state index in [1.54, 1.807) is 37.5 Å². The van der Waals surface area contributed by atoms with Gasteiger partial charge in [0.2, 0.25) is 5.91 Å². The van der Waals surface area contributed by atoms with Crippen LogP contribution >= 0.6 is 23.4 Å². The zero-order chi connectivity index (χ0) is 26.2. The van der Waals surface area contributed by atoms with E-state index in [0.29, 0.717) is 22.0 Å². The number of fused-ring (bicyclic) bond motifs is 1. The minimum Gasteiger partial charge on any atom is -0.496 e. The molecule has 0 saturated carbocycles. The van der Waals surface area contributed by atoms with E-state index in [1.165, 1.54) is 0 Å². The predicted octanol–water partition coefficient (Wildman–Crippen LogP) is 6.05. The van der Waals surface area contributed by atoms with Crippen molar-refractivity contribution in [3.8, 4) is 5.75 Å². The molecule has 2 aliphatic rings. The van der Waals surface area contributed by atoms with Crippen LogP contribution in [0.3, 0.4) is 0 Å². The lowest BCUT2D eigenvalue weighted by molar-refractivity contribution is -0.127. The van der Waals surface area contributed by atoms with E-state index in [9.17, 15) is 14.4 Å². The van der Waals surface area contributed by atoms with E-state index < -0.39 is 17.1 Å². The summed E-state index contributed by atoms with van der Waals surface area (Å²) < 4.78 is 5.66. The highest BCUT2D eigenvalue weighted by Gasteiger charge is 2.37. The van der Waals surface area contributed by atoms with Crippen molar-refractivity contribution in [1.29, 1.82) is 0 Å². The van der Waals surface area contributed by atoms with Crippen LogP contribution in [-0.4, -0.2) is 47.7 Å².